The fourth-order valence-corrected chi connectivity index (χ4v) is 2.55. The lowest BCUT2D eigenvalue weighted by Crippen LogP contribution is -2.21. The predicted octanol–water partition coefficient (Wildman–Crippen LogP) is 2.72. The summed E-state index contributed by atoms with van der Waals surface area (Å²) in [4.78, 5) is 12.1. The number of aliphatic hydroxyl groups is 1. The third-order valence-corrected chi connectivity index (χ3v) is 3.67. The number of benzene rings is 2. The number of rotatable bonds is 3. The predicted molar refractivity (Wildman–Crippen MR) is 83.3 cm³/mol. The van der Waals surface area contributed by atoms with Crippen LogP contribution in [0.5, 0.6) is 0 Å². The average molecular weight is 282 g/mol. The second-order valence-electron chi connectivity index (χ2n) is 5.20. The molecule has 108 valence electrons. The third-order valence-electron chi connectivity index (χ3n) is 3.67. The van der Waals surface area contributed by atoms with Crippen LogP contribution in [-0.2, 0) is 11.2 Å². The molecule has 0 aliphatic carbocycles. The van der Waals surface area contributed by atoms with E-state index in [0.717, 1.165) is 30.8 Å². The fourth-order valence-electron chi connectivity index (χ4n) is 2.55. The van der Waals surface area contributed by atoms with Crippen molar-refractivity contribution in [1.29, 1.82) is 0 Å². The van der Waals surface area contributed by atoms with Crippen LogP contribution in [-0.4, -0.2) is 17.6 Å². The molecule has 3 rings (SSSR count). The van der Waals surface area contributed by atoms with Crippen LogP contribution in [0.2, 0.25) is 0 Å². The summed E-state index contributed by atoms with van der Waals surface area (Å²) in [5.74, 6) is -0.412. The number of anilines is 2. The topological polar surface area (TPSA) is 61.4 Å². The van der Waals surface area contributed by atoms with E-state index in [1.165, 1.54) is 5.56 Å². The minimum Gasteiger partial charge on any atom is -0.385 e. The highest BCUT2D eigenvalue weighted by Gasteiger charge is 2.17. The smallest absolute Gasteiger partial charge is 0.257 e. The van der Waals surface area contributed by atoms with Crippen LogP contribution in [0.15, 0.2) is 48.5 Å². The number of fused-ring (bicyclic) bond motifs is 1. The Labute approximate surface area is 123 Å². The Morgan fingerprint density at radius 2 is 2.00 bits per heavy atom. The largest absolute Gasteiger partial charge is 0.385 e. The van der Waals surface area contributed by atoms with Gasteiger partial charge in [-0.05, 0) is 42.2 Å². The molecule has 1 aliphatic rings. The molecule has 0 saturated heterocycles. The normalized spacial score (nSPS) is 14.7. The molecule has 1 heterocycles. The lowest BCUT2D eigenvalue weighted by molar-refractivity contribution is -0.124. The molecule has 0 bridgehead atoms. The summed E-state index contributed by atoms with van der Waals surface area (Å²) >= 11 is 0. The highest BCUT2D eigenvalue weighted by atomic mass is 16.3. The van der Waals surface area contributed by atoms with Gasteiger partial charge in [0.25, 0.3) is 5.91 Å². The number of nitrogens with one attached hydrogen (secondary N) is 2. The zero-order chi connectivity index (χ0) is 14.7. The third kappa shape index (κ3) is 3.06. The first kappa shape index (κ1) is 13.6. The molecule has 1 aliphatic heterocycles. The van der Waals surface area contributed by atoms with E-state index in [4.69, 9.17) is 0 Å². The van der Waals surface area contributed by atoms with Gasteiger partial charge in [-0.25, -0.2) is 0 Å². The van der Waals surface area contributed by atoms with Gasteiger partial charge >= 0.3 is 0 Å². The van der Waals surface area contributed by atoms with E-state index in [-0.39, 0.29) is 0 Å². The Balaban J connectivity index is 1.73. The molecule has 0 spiro atoms. The van der Waals surface area contributed by atoms with Crippen molar-refractivity contribution in [2.75, 3.05) is 17.2 Å². The fraction of sp³-hybridized carbons (Fsp3) is 0.235. The van der Waals surface area contributed by atoms with Crippen LogP contribution in [0.1, 0.15) is 23.7 Å². The van der Waals surface area contributed by atoms with E-state index in [1.807, 2.05) is 24.3 Å². The first-order chi connectivity index (χ1) is 10.2. The first-order valence-electron chi connectivity index (χ1n) is 7.15. The number of hydrogen-bond donors (Lipinski definition) is 3. The van der Waals surface area contributed by atoms with E-state index in [1.54, 1.807) is 24.3 Å². The molecule has 0 saturated carbocycles. The van der Waals surface area contributed by atoms with Crippen LogP contribution in [0.4, 0.5) is 11.4 Å². The molecule has 2 aromatic rings. The molecule has 0 radical (unpaired) electrons. The number of carbonyl (C=O) groups is 1. The SMILES string of the molecule is O=C(Nc1ccc2c(c1)CCCN2)C(O)c1ccccc1. The Hall–Kier alpha value is -2.33. The van der Waals surface area contributed by atoms with E-state index >= 15 is 0 Å². The van der Waals surface area contributed by atoms with Gasteiger partial charge in [-0.1, -0.05) is 30.3 Å². The van der Waals surface area contributed by atoms with E-state index in [9.17, 15) is 9.90 Å². The zero-order valence-electron chi connectivity index (χ0n) is 11.7. The van der Waals surface area contributed by atoms with Crippen molar-refractivity contribution in [3.8, 4) is 0 Å². The highest BCUT2D eigenvalue weighted by Crippen LogP contribution is 2.25. The van der Waals surface area contributed by atoms with Gasteiger partial charge in [-0.2, -0.15) is 0 Å². The monoisotopic (exact) mass is 282 g/mol. The maximum atomic E-state index is 12.1. The standard InChI is InChI=1S/C17H18N2O2/c20-16(12-5-2-1-3-6-12)17(21)19-14-8-9-15-13(11-14)7-4-10-18-15/h1-3,5-6,8-9,11,16,18,20H,4,7,10H2,(H,19,21). The average Bonchev–Trinajstić information content (AvgIpc) is 2.55. The molecular weight excluding hydrogens is 264 g/mol. The summed E-state index contributed by atoms with van der Waals surface area (Å²) < 4.78 is 0. The van der Waals surface area contributed by atoms with Crippen molar-refractivity contribution in [3.05, 3.63) is 59.7 Å². The Kier molecular flexibility index (Phi) is 3.88. The molecule has 4 nitrogen and oxygen atoms in total. The minimum absolute atomic E-state index is 0.412. The Bertz CT molecular complexity index is 640. The van der Waals surface area contributed by atoms with Crippen molar-refractivity contribution in [2.24, 2.45) is 0 Å². The van der Waals surface area contributed by atoms with Gasteiger partial charge in [0.2, 0.25) is 0 Å². The van der Waals surface area contributed by atoms with Crippen LogP contribution >= 0.6 is 0 Å². The Morgan fingerprint density at radius 1 is 1.19 bits per heavy atom. The van der Waals surface area contributed by atoms with Gasteiger partial charge in [-0.15, -0.1) is 0 Å². The van der Waals surface area contributed by atoms with Crippen LogP contribution in [0.3, 0.4) is 0 Å². The summed E-state index contributed by atoms with van der Waals surface area (Å²) in [7, 11) is 0. The number of aryl methyl sites for hydroxylation is 1. The minimum atomic E-state index is -1.15. The van der Waals surface area contributed by atoms with Crippen LogP contribution in [0, 0.1) is 0 Å². The van der Waals surface area contributed by atoms with Gasteiger partial charge in [0.05, 0.1) is 0 Å². The lowest BCUT2D eigenvalue weighted by Gasteiger charge is -2.19. The molecule has 0 fully saturated rings. The van der Waals surface area contributed by atoms with Gasteiger partial charge in [-0.3, -0.25) is 4.79 Å². The summed E-state index contributed by atoms with van der Waals surface area (Å²) in [5, 5.41) is 16.2. The first-order valence-corrected chi connectivity index (χ1v) is 7.15. The molecule has 1 amide bonds. The van der Waals surface area contributed by atoms with Gasteiger partial charge in [0.15, 0.2) is 6.10 Å². The number of carbonyl (C=O) groups excluding carboxylic acids is 1. The maximum absolute atomic E-state index is 12.1. The lowest BCUT2D eigenvalue weighted by atomic mass is 10.0. The van der Waals surface area contributed by atoms with Crippen molar-refractivity contribution < 1.29 is 9.90 Å². The van der Waals surface area contributed by atoms with Crippen molar-refractivity contribution in [3.63, 3.8) is 0 Å². The van der Waals surface area contributed by atoms with E-state index in [0.29, 0.717) is 5.56 Å². The highest BCUT2D eigenvalue weighted by molar-refractivity contribution is 5.95. The number of amides is 1. The molecular formula is C17H18N2O2. The zero-order valence-corrected chi connectivity index (χ0v) is 11.7. The van der Waals surface area contributed by atoms with E-state index < -0.39 is 12.0 Å². The quantitative estimate of drug-likeness (QED) is 0.811. The maximum Gasteiger partial charge on any atom is 0.257 e. The van der Waals surface area contributed by atoms with Crippen LogP contribution < -0.4 is 10.6 Å². The van der Waals surface area contributed by atoms with Crippen molar-refractivity contribution >= 4 is 17.3 Å². The second kappa shape index (κ2) is 5.97. The van der Waals surface area contributed by atoms with Crippen molar-refractivity contribution in [2.45, 2.75) is 18.9 Å². The number of hydrogen-bond acceptors (Lipinski definition) is 3. The summed E-state index contributed by atoms with van der Waals surface area (Å²) in [6.45, 7) is 0.991. The van der Waals surface area contributed by atoms with Gasteiger partial charge in [0, 0.05) is 17.9 Å². The molecule has 0 aromatic heterocycles. The van der Waals surface area contributed by atoms with Crippen LogP contribution in [0.25, 0.3) is 0 Å². The molecule has 1 atom stereocenters. The molecule has 1 unspecified atom stereocenters. The van der Waals surface area contributed by atoms with Gasteiger partial charge < -0.3 is 15.7 Å². The molecule has 21 heavy (non-hydrogen) atoms. The second-order valence-corrected chi connectivity index (χ2v) is 5.20. The number of aliphatic hydroxyl groups excluding tert-OH is 1. The summed E-state index contributed by atoms with van der Waals surface area (Å²) in [6, 6.07) is 14.7. The van der Waals surface area contributed by atoms with Gasteiger partial charge in [0.1, 0.15) is 0 Å². The van der Waals surface area contributed by atoms with E-state index in [2.05, 4.69) is 10.6 Å². The van der Waals surface area contributed by atoms with Crippen molar-refractivity contribution in [1.82, 2.24) is 0 Å². The summed E-state index contributed by atoms with van der Waals surface area (Å²) in [6.07, 6.45) is 0.949. The summed E-state index contributed by atoms with van der Waals surface area (Å²) in [5.41, 5.74) is 3.64. The molecule has 3 N–H and O–H groups in total. The molecule has 4 heteroatoms. The molecule has 2 aromatic carbocycles. The Morgan fingerprint density at radius 3 is 2.81 bits per heavy atom.